The van der Waals surface area contributed by atoms with E-state index in [0.29, 0.717) is 11.3 Å². The lowest BCUT2D eigenvalue weighted by atomic mass is 10.1. The zero-order valence-corrected chi connectivity index (χ0v) is 12.9. The standard InChI is InChI=1S/C14H8ClIN2O2/c15-11-5-8(7-17)1-3-12(11)18-14(20)10-6-9(16)2-4-13(10)19/h1-6,19H,(H,18,20). The van der Waals surface area contributed by atoms with E-state index >= 15 is 0 Å². The first kappa shape index (κ1) is 14.6. The third-order valence-corrected chi connectivity index (χ3v) is 3.53. The van der Waals surface area contributed by atoms with Crippen molar-refractivity contribution in [2.24, 2.45) is 0 Å². The number of rotatable bonds is 2. The van der Waals surface area contributed by atoms with Crippen molar-refractivity contribution in [2.45, 2.75) is 0 Å². The number of hydrogen-bond acceptors (Lipinski definition) is 3. The molecule has 1 amide bonds. The highest BCUT2D eigenvalue weighted by molar-refractivity contribution is 14.1. The predicted octanol–water partition coefficient (Wildman–Crippen LogP) is 3.77. The normalized spacial score (nSPS) is 9.85. The Hall–Kier alpha value is -1.78. The Balaban J connectivity index is 2.28. The molecule has 6 heteroatoms. The van der Waals surface area contributed by atoms with Crippen LogP contribution in [0, 0.1) is 14.9 Å². The number of aromatic hydroxyl groups is 1. The molecule has 2 N–H and O–H groups in total. The van der Waals surface area contributed by atoms with Gasteiger partial charge in [0.05, 0.1) is 27.9 Å². The summed E-state index contributed by atoms with van der Waals surface area (Å²) < 4.78 is 0.830. The SMILES string of the molecule is N#Cc1ccc(NC(=O)c2cc(I)ccc2O)c(Cl)c1. The number of anilines is 1. The Morgan fingerprint density at radius 3 is 2.70 bits per heavy atom. The molecule has 0 heterocycles. The van der Waals surface area contributed by atoms with Crippen LogP contribution in [0.5, 0.6) is 5.75 Å². The maximum atomic E-state index is 12.1. The zero-order valence-electron chi connectivity index (χ0n) is 10.0. The number of amides is 1. The van der Waals surface area contributed by atoms with Crippen molar-refractivity contribution in [2.75, 3.05) is 5.32 Å². The van der Waals surface area contributed by atoms with Crippen molar-refractivity contribution in [3.63, 3.8) is 0 Å². The molecule has 0 unspecified atom stereocenters. The van der Waals surface area contributed by atoms with E-state index in [4.69, 9.17) is 16.9 Å². The minimum atomic E-state index is -0.465. The lowest BCUT2D eigenvalue weighted by molar-refractivity contribution is 0.102. The van der Waals surface area contributed by atoms with Gasteiger partial charge in [0, 0.05) is 3.57 Å². The quantitative estimate of drug-likeness (QED) is 0.756. The summed E-state index contributed by atoms with van der Waals surface area (Å²) >= 11 is 8.03. The van der Waals surface area contributed by atoms with Gasteiger partial charge in [0.2, 0.25) is 0 Å². The molecule has 0 bridgehead atoms. The second-order valence-corrected chi connectivity index (χ2v) is 5.57. The van der Waals surface area contributed by atoms with Gasteiger partial charge < -0.3 is 10.4 Å². The fourth-order valence-electron chi connectivity index (χ4n) is 1.57. The number of benzene rings is 2. The van der Waals surface area contributed by atoms with E-state index in [9.17, 15) is 9.90 Å². The molecule has 0 radical (unpaired) electrons. The zero-order chi connectivity index (χ0) is 14.7. The summed E-state index contributed by atoms with van der Waals surface area (Å²) in [4.78, 5) is 12.1. The van der Waals surface area contributed by atoms with Crippen molar-refractivity contribution in [1.29, 1.82) is 5.26 Å². The lowest BCUT2D eigenvalue weighted by Crippen LogP contribution is -2.12. The second-order valence-electron chi connectivity index (χ2n) is 3.92. The van der Waals surface area contributed by atoms with E-state index < -0.39 is 5.91 Å². The van der Waals surface area contributed by atoms with Crippen LogP contribution in [0.2, 0.25) is 5.02 Å². The van der Waals surface area contributed by atoms with E-state index in [1.165, 1.54) is 12.1 Å². The van der Waals surface area contributed by atoms with Crippen molar-refractivity contribution in [3.05, 3.63) is 56.1 Å². The van der Waals surface area contributed by atoms with E-state index in [2.05, 4.69) is 5.32 Å². The van der Waals surface area contributed by atoms with Crippen molar-refractivity contribution in [3.8, 4) is 11.8 Å². The number of hydrogen-bond donors (Lipinski definition) is 2. The van der Waals surface area contributed by atoms with Crippen molar-refractivity contribution >= 4 is 45.8 Å². The maximum Gasteiger partial charge on any atom is 0.259 e. The van der Waals surface area contributed by atoms with Gasteiger partial charge in [-0.1, -0.05) is 11.6 Å². The van der Waals surface area contributed by atoms with Crippen LogP contribution in [0.15, 0.2) is 36.4 Å². The smallest absolute Gasteiger partial charge is 0.259 e. The van der Waals surface area contributed by atoms with Crippen LogP contribution in [0.4, 0.5) is 5.69 Å². The number of phenols is 1. The van der Waals surface area contributed by atoms with E-state index in [1.54, 1.807) is 24.3 Å². The number of nitrogens with one attached hydrogen (secondary N) is 1. The first-order valence-electron chi connectivity index (χ1n) is 5.51. The van der Waals surface area contributed by atoms with Crippen LogP contribution < -0.4 is 5.32 Å². The molecule has 2 rings (SSSR count). The molecule has 0 saturated carbocycles. The van der Waals surface area contributed by atoms with Crippen LogP contribution in [0.3, 0.4) is 0 Å². The van der Waals surface area contributed by atoms with Crippen LogP contribution >= 0.6 is 34.2 Å². The minimum absolute atomic E-state index is 0.104. The van der Waals surface area contributed by atoms with E-state index in [0.717, 1.165) is 3.57 Å². The number of halogens is 2. The monoisotopic (exact) mass is 398 g/mol. The number of nitriles is 1. The molecule has 0 spiro atoms. The Morgan fingerprint density at radius 2 is 2.05 bits per heavy atom. The number of phenolic OH excluding ortho intramolecular Hbond substituents is 1. The third kappa shape index (κ3) is 3.21. The average molecular weight is 399 g/mol. The Labute approximate surface area is 134 Å². The first-order chi connectivity index (χ1) is 9.51. The first-order valence-corrected chi connectivity index (χ1v) is 6.96. The van der Waals surface area contributed by atoms with Crippen LogP contribution in [-0.4, -0.2) is 11.0 Å². The summed E-state index contributed by atoms with van der Waals surface area (Å²) in [6.45, 7) is 0. The molecule has 0 aliphatic heterocycles. The molecule has 20 heavy (non-hydrogen) atoms. The van der Waals surface area contributed by atoms with Gasteiger partial charge in [-0.15, -0.1) is 0 Å². The predicted molar refractivity (Wildman–Crippen MR) is 84.9 cm³/mol. The number of carbonyl (C=O) groups excluding carboxylic acids is 1. The molecule has 0 saturated heterocycles. The second kappa shape index (κ2) is 6.11. The van der Waals surface area contributed by atoms with Crippen LogP contribution in [0.25, 0.3) is 0 Å². The van der Waals surface area contributed by atoms with Gasteiger partial charge in [-0.25, -0.2) is 0 Å². The molecule has 2 aromatic carbocycles. The highest BCUT2D eigenvalue weighted by atomic mass is 127. The topological polar surface area (TPSA) is 73.1 Å². The summed E-state index contributed by atoms with van der Waals surface area (Å²) in [5.74, 6) is -0.569. The van der Waals surface area contributed by atoms with Gasteiger partial charge in [0.15, 0.2) is 0 Å². The van der Waals surface area contributed by atoms with Gasteiger partial charge in [-0.3, -0.25) is 4.79 Å². The average Bonchev–Trinajstić information content (AvgIpc) is 2.43. The van der Waals surface area contributed by atoms with Crippen LogP contribution in [-0.2, 0) is 0 Å². The molecular weight excluding hydrogens is 391 g/mol. The maximum absolute atomic E-state index is 12.1. The van der Waals surface area contributed by atoms with Gasteiger partial charge in [0.1, 0.15) is 5.75 Å². The lowest BCUT2D eigenvalue weighted by Gasteiger charge is -2.09. The van der Waals surface area contributed by atoms with Gasteiger partial charge in [-0.2, -0.15) is 5.26 Å². The molecule has 2 aromatic rings. The number of carbonyl (C=O) groups is 1. The Bertz CT molecular complexity index is 726. The van der Waals surface area contributed by atoms with Crippen LogP contribution in [0.1, 0.15) is 15.9 Å². The van der Waals surface area contributed by atoms with Crippen molar-refractivity contribution in [1.82, 2.24) is 0 Å². The van der Waals surface area contributed by atoms with E-state index in [-0.39, 0.29) is 16.3 Å². The minimum Gasteiger partial charge on any atom is -0.507 e. The molecule has 100 valence electrons. The number of nitrogens with zero attached hydrogens (tertiary/aromatic N) is 1. The highest BCUT2D eigenvalue weighted by Crippen LogP contribution is 2.25. The summed E-state index contributed by atoms with van der Waals surface area (Å²) in [5.41, 5.74) is 0.955. The molecule has 0 aliphatic carbocycles. The van der Waals surface area contributed by atoms with Gasteiger partial charge >= 0.3 is 0 Å². The summed E-state index contributed by atoms with van der Waals surface area (Å²) in [6, 6.07) is 11.2. The molecule has 0 fully saturated rings. The molecule has 4 nitrogen and oxygen atoms in total. The third-order valence-electron chi connectivity index (χ3n) is 2.55. The Morgan fingerprint density at radius 1 is 1.30 bits per heavy atom. The van der Waals surface area contributed by atoms with E-state index in [1.807, 2.05) is 28.7 Å². The summed E-state index contributed by atoms with van der Waals surface area (Å²) in [5, 5.41) is 21.3. The van der Waals surface area contributed by atoms with Gasteiger partial charge in [0.25, 0.3) is 5.91 Å². The Kier molecular flexibility index (Phi) is 4.47. The van der Waals surface area contributed by atoms with Gasteiger partial charge in [-0.05, 0) is 59.0 Å². The molecule has 0 aromatic heterocycles. The molecule has 0 aliphatic rings. The molecule has 0 atom stereocenters. The van der Waals surface area contributed by atoms with Crippen molar-refractivity contribution < 1.29 is 9.90 Å². The summed E-state index contributed by atoms with van der Waals surface area (Å²) in [7, 11) is 0. The fraction of sp³-hybridized carbons (Fsp3) is 0. The fourth-order valence-corrected chi connectivity index (χ4v) is 2.28. The largest absolute Gasteiger partial charge is 0.507 e. The summed E-state index contributed by atoms with van der Waals surface area (Å²) in [6.07, 6.45) is 0. The molecular formula is C14H8ClIN2O2. The highest BCUT2D eigenvalue weighted by Gasteiger charge is 2.13.